The van der Waals surface area contributed by atoms with E-state index in [-0.39, 0.29) is 0 Å². The molecule has 0 fully saturated rings. The summed E-state index contributed by atoms with van der Waals surface area (Å²) < 4.78 is 6.86. The molecule has 6 heteroatoms. The average molecular weight is 275 g/mol. The molecule has 1 aromatic carbocycles. The summed E-state index contributed by atoms with van der Waals surface area (Å²) >= 11 is 0. The summed E-state index contributed by atoms with van der Waals surface area (Å²) in [5.41, 5.74) is 8.77. The summed E-state index contributed by atoms with van der Waals surface area (Å²) in [6.07, 6.45) is 3.17. The molecule has 108 valence electrons. The third-order valence-corrected chi connectivity index (χ3v) is 3.28. The van der Waals surface area contributed by atoms with Gasteiger partial charge >= 0.3 is 0 Å². The van der Waals surface area contributed by atoms with Gasteiger partial charge in [-0.05, 0) is 48.2 Å². The lowest BCUT2D eigenvalue weighted by Crippen LogP contribution is -2.06. The highest BCUT2D eigenvalue weighted by Crippen LogP contribution is 2.27. The molecule has 0 saturated heterocycles. The molecule has 2 N–H and O–H groups in total. The van der Waals surface area contributed by atoms with Crippen LogP contribution in [0.5, 0.6) is 0 Å². The fraction of sp³-hybridized carbons (Fsp3) is 0.500. The first kappa shape index (κ1) is 14.5. The van der Waals surface area contributed by atoms with Crippen LogP contribution in [0.25, 0.3) is 11.4 Å². The van der Waals surface area contributed by atoms with Gasteiger partial charge in [-0.1, -0.05) is 12.1 Å². The molecule has 0 unspecified atom stereocenters. The lowest BCUT2D eigenvalue weighted by Gasteiger charge is -2.09. The van der Waals surface area contributed by atoms with Gasteiger partial charge < -0.3 is 10.5 Å². The van der Waals surface area contributed by atoms with Crippen molar-refractivity contribution in [3.63, 3.8) is 0 Å². The Hall–Kier alpha value is -1.95. The van der Waals surface area contributed by atoms with E-state index in [2.05, 4.69) is 15.5 Å². The van der Waals surface area contributed by atoms with E-state index in [1.807, 2.05) is 29.8 Å². The first-order valence-corrected chi connectivity index (χ1v) is 6.84. The van der Waals surface area contributed by atoms with Crippen LogP contribution in [0.2, 0.25) is 0 Å². The maximum absolute atomic E-state index is 6.05. The van der Waals surface area contributed by atoms with Gasteiger partial charge in [0.2, 0.25) is 0 Å². The monoisotopic (exact) mass is 275 g/mol. The zero-order chi connectivity index (χ0) is 14.4. The fourth-order valence-electron chi connectivity index (χ4n) is 2.21. The van der Waals surface area contributed by atoms with Gasteiger partial charge in [-0.15, -0.1) is 5.10 Å². The minimum absolute atomic E-state index is 0.709. The summed E-state index contributed by atoms with van der Waals surface area (Å²) in [6.45, 7) is 3.61. The molecule has 1 aromatic heterocycles. The Kier molecular flexibility index (Phi) is 5.06. The molecule has 2 rings (SSSR count). The molecule has 0 amide bonds. The maximum atomic E-state index is 6.05. The minimum Gasteiger partial charge on any atom is -0.398 e. The molecule has 20 heavy (non-hydrogen) atoms. The number of aryl methyl sites for hydroxylation is 2. The molecule has 1 heterocycles. The number of aromatic nitrogens is 4. The maximum Gasteiger partial charge on any atom is 0.184 e. The number of hydrogen-bond acceptors (Lipinski definition) is 5. The van der Waals surface area contributed by atoms with Crippen molar-refractivity contribution in [2.45, 2.75) is 32.7 Å². The smallest absolute Gasteiger partial charge is 0.184 e. The number of nitrogens with two attached hydrogens (primary N) is 1. The number of nitrogens with zero attached hydrogens (tertiary/aromatic N) is 4. The van der Waals surface area contributed by atoms with Crippen molar-refractivity contribution in [2.75, 3.05) is 19.5 Å². The largest absolute Gasteiger partial charge is 0.398 e. The number of ether oxygens (including phenoxy) is 1. The van der Waals surface area contributed by atoms with Crippen LogP contribution >= 0.6 is 0 Å². The quantitative estimate of drug-likeness (QED) is 0.618. The van der Waals surface area contributed by atoms with Crippen molar-refractivity contribution in [3.8, 4) is 11.4 Å². The van der Waals surface area contributed by atoms with E-state index >= 15 is 0 Å². The van der Waals surface area contributed by atoms with Crippen LogP contribution in [-0.2, 0) is 11.3 Å². The highest BCUT2D eigenvalue weighted by Gasteiger charge is 2.13. The highest BCUT2D eigenvalue weighted by molar-refractivity contribution is 5.74. The number of methoxy groups -OCH3 is 1. The molecule has 0 aliphatic heterocycles. The van der Waals surface area contributed by atoms with Gasteiger partial charge in [0.1, 0.15) is 0 Å². The Morgan fingerprint density at radius 1 is 1.25 bits per heavy atom. The number of nitrogen functional groups attached to an aromatic ring is 1. The molecule has 6 nitrogen and oxygen atoms in total. The zero-order valence-corrected chi connectivity index (χ0v) is 12.0. The van der Waals surface area contributed by atoms with Crippen LogP contribution in [0, 0.1) is 6.92 Å². The van der Waals surface area contributed by atoms with Crippen molar-refractivity contribution in [3.05, 3.63) is 23.8 Å². The van der Waals surface area contributed by atoms with Crippen molar-refractivity contribution in [1.29, 1.82) is 0 Å². The number of rotatable bonds is 7. The molecule has 0 atom stereocenters. The van der Waals surface area contributed by atoms with E-state index in [1.165, 1.54) is 0 Å². The molecule has 0 aliphatic rings. The van der Waals surface area contributed by atoms with Crippen molar-refractivity contribution < 1.29 is 4.74 Å². The lowest BCUT2D eigenvalue weighted by molar-refractivity contribution is 0.191. The Morgan fingerprint density at radius 2 is 2.10 bits per heavy atom. The highest BCUT2D eigenvalue weighted by atomic mass is 16.5. The predicted molar refractivity (Wildman–Crippen MR) is 78.1 cm³/mol. The van der Waals surface area contributed by atoms with Gasteiger partial charge in [-0.25, -0.2) is 4.68 Å². The first-order valence-electron chi connectivity index (χ1n) is 6.84. The van der Waals surface area contributed by atoms with E-state index in [0.29, 0.717) is 5.69 Å². The normalized spacial score (nSPS) is 10.9. The predicted octanol–water partition coefficient (Wildman–Crippen LogP) is 2.05. The standard InChI is InChI=1S/C14H21N5O/c1-11-7-6-8-12(15)13(11)14-16-17-18-19(14)9-4-3-5-10-20-2/h6-8H,3-5,9-10,15H2,1-2H3. The summed E-state index contributed by atoms with van der Waals surface area (Å²) in [6, 6.07) is 5.83. The average Bonchev–Trinajstić information content (AvgIpc) is 2.87. The van der Waals surface area contributed by atoms with Crippen molar-refractivity contribution in [1.82, 2.24) is 20.2 Å². The summed E-state index contributed by atoms with van der Waals surface area (Å²) in [5.74, 6) is 0.743. The SMILES string of the molecule is COCCCCCn1nnnc1-c1c(C)cccc1N. The van der Waals surface area contributed by atoms with E-state index in [0.717, 1.165) is 49.4 Å². The van der Waals surface area contributed by atoms with Crippen LogP contribution in [0.4, 0.5) is 5.69 Å². The molecular formula is C14H21N5O. The van der Waals surface area contributed by atoms with Gasteiger partial charge in [-0.2, -0.15) is 0 Å². The Morgan fingerprint density at radius 3 is 2.85 bits per heavy atom. The first-order chi connectivity index (χ1) is 9.74. The van der Waals surface area contributed by atoms with E-state index < -0.39 is 0 Å². The minimum atomic E-state index is 0.709. The van der Waals surface area contributed by atoms with Crippen LogP contribution in [0.15, 0.2) is 18.2 Å². The molecular weight excluding hydrogens is 254 g/mol. The summed E-state index contributed by atoms with van der Waals surface area (Å²) in [5, 5.41) is 12.0. The second kappa shape index (κ2) is 7.00. The summed E-state index contributed by atoms with van der Waals surface area (Å²) in [7, 11) is 1.72. The Labute approximate surface area is 118 Å². The van der Waals surface area contributed by atoms with E-state index in [9.17, 15) is 0 Å². The summed E-state index contributed by atoms with van der Waals surface area (Å²) in [4.78, 5) is 0. The third-order valence-electron chi connectivity index (χ3n) is 3.28. The molecule has 0 aliphatic carbocycles. The topological polar surface area (TPSA) is 78.8 Å². The zero-order valence-electron chi connectivity index (χ0n) is 12.0. The second-order valence-electron chi connectivity index (χ2n) is 4.82. The van der Waals surface area contributed by atoms with Crippen molar-refractivity contribution in [2.24, 2.45) is 0 Å². The fourth-order valence-corrected chi connectivity index (χ4v) is 2.21. The second-order valence-corrected chi connectivity index (χ2v) is 4.82. The van der Waals surface area contributed by atoms with Crippen LogP contribution in [0.1, 0.15) is 24.8 Å². The van der Waals surface area contributed by atoms with Gasteiger partial charge in [-0.3, -0.25) is 0 Å². The van der Waals surface area contributed by atoms with Gasteiger partial charge in [0, 0.05) is 31.5 Å². The number of benzene rings is 1. The third kappa shape index (κ3) is 3.33. The van der Waals surface area contributed by atoms with E-state index in [1.54, 1.807) is 7.11 Å². The van der Waals surface area contributed by atoms with Crippen molar-refractivity contribution >= 4 is 5.69 Å². The number of unbranched alkanes of at least 4 members (excludes halogenated alkanes) is 2. The van der Waals surface area contributed by atoms with Gasteiger partial charge in [0.05, 0.1) is 0 Å². The number of anilines is 1. The molecule has 0 bridgehead atoms. The Balaban J connectivity index is 2.09. The van der Waals surface area contributed by atoms with E-state index in [4.69, 9.17) is 10.5 Å². The van der Waals surface area contributed by atoms with Crippen LogP contribution in [0.3, 0.4) is 0 Å². The number of tetrazole rings is 1. The van der Waals surface area contributed by atoms with Crippen LogP contribution in [-0.4, -0.2) is 33.9 Å². The number of hydrogen-bond donors (Lipinski definition) is 1. The van der Waals surface area contributed by atoms with Gasteiger partial charge in [0.15, 0.2) is 5.82 Å². The van der Waals surface area contributed by atoms with Crippen LogP contribution < -0.4 is 5.73 Å². The van der Waals surface area contributed by atoms with Gasteiger partial charge in [0.25, 0.3) is 0 Å². The molecule has 2 aromatic rings. The lowest BCUT2D eigenvalue weighted by atomic mass is 10.1. The Bertz CT molecular complexity index is 532. The molecule has 0 saturated carbocycles. The molecule has 0 spiro atoms. The molecule has 0 radical (unpaired) electrons.